The molecule has 27 heavy (non-hydrogen) atoms. The van der Waals surface area contributed by atoms with Gasteiger partial charge in [0.2, 0.25) is 0 Å². The molecule has 1 N–H and O–H groups in total. The zero-order valence-corrected chi connectivity index (χ0v) is 15.4. The zero-order chi connectivity index (χ0) is 19.7. The van der Waals surface area contributed by atoms with Crippen LogP contribution >= 0.6 is 0 Å². The first-order chi connectivity index (χ1) is 12.8. The molecule has 1 amide bonds. The molecule has 9 heteroatoms. The molecule has 0 spiro atoms. The highest BCUT2D eigenvalue weighted by molar-refractivity contribution is 6.02. The van der Waals surface area contributed by atoms with E-state index in [4.69, 9.17) is 4.74 Å². The Kier molecular flexibility index (Phi) is 4.68. The summed E-state index contributed by atoms with van der Waals surface area (Å²) in [6.45, 7) is 1.80. The maximum atomic E-state index is 12.7. The van der Waals surface area contributed by atoms with Crippen molar-refractivity contribution in [1.82, 2.24) is 18.9 Å². The second kappa shape index (κ2) is 6.94. The summed E-state index contributed by atoms with van der Waals surface area (Å²) in [5, 5.41) is 7.09. The predicted molar refractivity (Wildman–Crippen MR) is 99.7 cm³/mol. The van der Waals surface area contributed by atoms with Crippen molar-refractivity contribution in [2.75, 3.05) is 12.4 Å². The molecule has 3 aromatic rings. The van der Waals surface area contributed by atoms with Crippen molar-refractivity contribution < 1.29 is 9.53 Å². The molecule has 0 atom stereocenters. The summed E-state index contributed by atoms with van der Waals surface area (Å²) in [7, 11) is 4.37. The van der Waals surface area contributed by atoms with Crippen LogP contribution in [0.25, 0.3) is 5.69 Å². The average Bonchev–Trinajstić information content (AvgIpc) is 3.03. The van der Waals surface area contributed by atoms with E-state index in [9.17, 15) is 14.4 Å². The lowest BCUT2D eigenvalue weighted by Crippen LogP contribution is -2.40. The second-order valence-corrected chi connectivity index (χ2v) is 6.00. The van der Waals surface area contributed by atoms with Gasteiger partial charge in [0.15, 0.2) is 0 Å². The van der Waals surface area contributed by atoms with Crippen LogP contribution in [-0.2, 0) is 14.1 Å². The highest BCUT2D eigenvalue weighted by Crippen LogP contribution is 2.20. The van der Waals surface area contributed by atoms with E-state index in [1.165, 1.54) is 14.1 Å². The van der Waals surface area contributed by atoms with Crippen molar-refractivity contribution >= 4 is 11.7 Å². The summed E-state index contributed by atoms with van der Waals surface area (Å²) < 4.78 is 8.76. The number of ether oxygens (including phenoxy) is 1. The van der Waals surface area contributed by atoms with Gasteiger partial charge in [-0.3, -0.25) is 18.7 Å². The summed E-state index contributed by atoms with van der Waals surface area (Å²) in [6.07, 6.45) is 0. The van der Waals surface area contributed by atoms with Crippen molar-refractivity contribution in [2.45, 2.75) is 6.92 Å². The molecule has 1 aromatic carbocycles. The van der Waals surface area contributed by atoms with Gasteiger partial charge in [-0.05, 0) is 31.2 Å². The van der Waals surface area contributed by atoms with Crippen LogP contribution in [-0.4, -0.2) is 31.9 Å². The molecular formula is C18H19N5O4. The Hall–Kier alpha value is -3.62. The summed E-state index contributed by atoms with van der Waals surface area (Å²) in [5.41, 5.74) is 0.245. The first-order valence-electron chi connectivity index (χ1n) is 8.11. The van der Waals surface area contributed by atoms with E-state index in [1.807, 2.05) is 0 Å². The van der Waals surface area contributed by atoms with Crippen molar-refractivity contribution in [2.24, 2.45) is 14.1 Å². The molecule has 0 aliphatic heterocycles. The van der Waals surface area contributed by atoms with Gasteiger partial charge in [-0.2, -0.15) is 5.10 Å². The number of anilines is 1. The maximum Gasteiger partial charge on any atom is 0.331 e. The lowest BCUT2D eigenvalue weighted by molar-refractivity contribution is 0.101. The predicted octanol–water partition coefficient (Wildman–Crippen LogP) is 0.839. The Morgan fingerprint density at radius 3 is 2.37 bits per heavy atom. The Labute approximate surface area is 154 Å². The second-order valence-electron chi connectivity index (χ2n) is 6.00. The molecule has 0 radical (unpaired) electrons. The number of nitrogens with one attached hydrogen (secondary N) is 1. The van der Waals surface area contributed by atoms with Gasteiger partial charge in [0, 0.05) is 26.2 Å². The van der Waals surface area contributed by atoms with Crippen LogP contribution in [0, 0.1) is 6.92 Å². The van der Waals surface area contributed by atoms with Gasteiger partial charge in [-0.1, -0.05) is 0 Å². The molecule has 2 heterocycles. The number of carbonyl (C=O) groups excluding carboxylic acids is 1. The fraction of sp³-hybridized carbons (Fsp3) is 0.222. The third kappa shape index (κ3) is 3.39. The Morgan fingerprint density at radius 2 is 1.74 bits per heavy atom. The molecule has 0 saturated carbocycles. The van der Waals surface area contributed by atoms with Gasteiger partial charge >= 0.3 is 5.69 Å². The molecule has 0 bridgehead atoms. The quantitative estimate of drug-likeness (QED) is 0.735. The molecule has 0 saturated heterocycles. The van der Waals surface area contributed by atoms with E-state index in [0.29, 0.717) is 17.3 Å². The molecule has 140 valence electrons. The molecule has 0 unspecified atom stereocenters. The van der Waals surface area contributed by atoms with E-state index in [0.717, 1.165) is 20.9 Å². The van der Waals surface area contributed by atoms with Crippen LogP contribution in [0.3, 0.4) is 0 Å². The van der Waals surface area contributed by atoms with E-state index < -0.39 is 17.2 Å². The third-order valence-corrected chi connectivity index (χ3v) is 4.15. The number of aromatic nitrogens is 4. The zero-order valence-electron chi connectivity index (χ0n) is 15.4. The Balaban J connectivity index is 1.98. The van der Waals surface area contributed by atoms with Crippen LogP contribution in [0.1, 0.15) is 16.2 Å². The number of carbonyl (C=O) groups is 1. The minimum absolute atomic E-state index is 0.0387. The number of amides is 1. The van der Waals surface area contributed by atoms with Crippen LogP contribution in [0.5, 0.6) is 5.75 Å². The summed E-state index contributed by atoms with van der Waals surface area (Å²) in [6, 6.07) is 9.98. The lowest BCUT2D eigenvalue weighted by Gasteiger charge is -2.12. The maximum absolute atomic E-state index is 12.7. The normalized spacial score (nSPS) is 10.7. The Bertz CT molecular complexity index is 1120. The molecule has 0 fully saturated rings. The molecule has 3 rings (SSSR count). The van der Waals surface area contributed by atoms with Gasteiger partial charge in [0.1, 0.15) is 17.3 Å². The minimum atomic E-state index is -0.582. The van der Waals surface area contributed by atoms with Crippen LogP contribution in [0.4, 0.5) is 5.82 Å². The van der Waals surface area contributed by atoms with Crippen molar-refractivity contribution in [1.29, 1.82) is 0 Å². The Morgan fingerprint density at radius 1 is 1.07 bits per heavy atom. The number of nitrogens with zero attached hydrogens (tertiary/aromatic N) is 4. The smallest absolute Gasteiger partial charge is 0.331 e. The highest BCUT2D eigenvalue weighted by Gasteiger charge is 2.17. The number of aryl methyl sites for hydroxylation is 1. The first-order valence-corrected chi connectivity index (χ1v) is 8.11. The minimum Gasteiger partial charge on any atom is -0.497 e. The SMILES string of the molecule is COc1ccc(-n2nc(C)cc2NC(=O)c2cc(=O)n(C)c(=O)n2C)cc1. The molecule has 2 aromatic heterocycles. The molecule has 9 nitrogen and oxygen atoms in total. The number of benzene rings is 1. The molecule has 0 aliphatic carbocycles. The van der Waals surface area contributed by atoms with Crippen molar-refractivity contribution in [3.05, 3.63) is 68.6 Å². The van der Waals surface area contributed by atoms with Gasteiger partial charge in [-0.25, -0.2) is 9.48 Å². The summed E-state index contributed by atoms with van der Waals surface area (Å²) in [4.78, 5) is 36.6. The fourth-order valence-electron chi connectivity index (χ4n) is 2.64. The van der Waals surface area contributed by atoms with Crippen molar-refractivity contribution in [3.8, 4) is 11.4 Å². The largest absolute Gasteiger partial charge is 0.497 e. The van der Waals surface area contributed by atoms with Crippen LogP contribution < -0.4 is 21.3 Å². The lowest BCUT2D eigenvalue weighted by atomic mass is 10.3. The van der Waals surface area contributed by atoms with Crippen LogP contribution in [0.15, 0.2) is 46.0 Å². The highest BCUT2D eigenvalue weighted by atomic mass is 16.5. The standard InChI is InChI=1S/C18H19N5O4/c1-11-9-15(23(20-11)12-5-7-13(27-4)8-6-12)19-17(25)14-10-16(24)22(3)18(26)21(14)2/h5-10H,1-4H3,(H,19,25). The van der Waals surface area contributed by atoms with Crippen molar-refractivity contribution in [3.63, 3.8) is 0 Å². The van der Waals surface area contributed by atoms with E-state index in [-0.39, 0.29) is 5.69 Å². The summed E-state index contributed by atoms with van der Waals surface area (Å²) >= 11 is 0. The van der Waals surface area contributed by atoms with E-state index >= 15 is 0 Å². The number of hydrogen-bond donors (Lipinski definition) is 1. The molecule has 0 aliphatic rings. The third-order valence-electron chi connectivity index (χ3n) is 4.15. The topological polar surface area (TPSA) is 100 Å². The van der Waals surface area contributed by atoms with Crippen LogP contribution in [0.2, 0.25) is 0 Å². The fourth-order valence-corrected chi connectivity index (χ4v) is 2.64. The number of hydrogen-bond acceptors (Lipinski definition) is 5. The first kappa shape index (κ1) is 18.2. The van der Waals surface area contributed by atoms with E-state index in [2.05, 4.69) is 10.4 Å². The van der Waals surface area contributed by atoms with Gasteiger partial charge in [0.05, 0.1) is 18.5 Å². The number of methoxy groups -OCH3 is 1. The van der Waals surface area contributed by atoms with E-state index in [1.54, 1.807) is 49.0 Å². The number of rotatable bonds is 4. The van der Waals surface area contributed by atoms with Gasteiger partial charge < -0.3 is 10.1 Å². The van der Waals surface area contributed by atoms with Gasteiger partial charge in [-0.15, -0.1) is 0 Å². The monoisotopic (exact) mass is 369 g/mol. The molecular weight excluding hydrogens is 350 g/mol. The average molecular weight is 369 g/mol. The van der Waals surface area contributed by atoms with Gasteiger partial charge in [0.25, 0.3) is 11.5 Å². The summed E-state index contributed by atoms with van der Waals surface area (Å²) in [5.74, 6) is 0.529.